The SMILES string of the molecule is O=C(Nc1ccc(NC(=O)c2cccc3cccnc23)cc1)NC1CC1. The fourth-order valence-electron chi connectivity index (χ4n) is 2.70. The molecule has 6 nitrogen and oxygen atoms in total. The summed E-state index contributed by atoms with van der Waals surface area (Å²) in [7, 11) is 0. The third-order valence-corrected chi connectivity index (χ3v) is 4.19. The number of urea groups is 1. The van der Waals surface area contributed by atoms with Crippen molar-refractivity contribution in [1.29, 1.82) is 0 Å². The van der Waals surface area contributed by atoms with Gasteiger partial charge in [-0.3, -0.25) is 9.78 Å². The van der Waals surface area contributed by atoms with E-state index in [2.05, 4.69) is 20.9 Å². The fourth-order valence-corrected chi connectivity index (χ4v) is 2.70. The number of carbonyl (C=O) groups excluding carboxylic acids is 2. The number of fused-ring (bicyclic) bond motifs is 1. The average Bonchev–Trinajstić information content (AvgIpc) is 3.46. The third kappa shape index (κ3) is 3.64. The molecule has 1 saturated carbocycles. The summed E-state index contributed by atoms with van der Waals surface area (Å²) in [5.41, 5.74) is 2.51. The lowest BCUT2D eigenvalue weighted by Crippen LogP contribution is -2.30. The molecule has 1 aromatic heterocycles. The number of hydrogen-bond donors (Lipinski definition) is 3. The molecule has 2 aromatic carbocycles. The van der Waals surface area contributed by atoms with Gasteiger partial charge >= 0.3 is 6.03 Å². The Bertz CT molecular complexity index is 960. The van der Waals surface area contributed by atoms with Crippen molar-refractivity contribution in [2.75, 3.05) is 10.6 Å². The molecule has 26 heavy (non-hydrogen) atoms. The molecule has 1 heterocycles. The van der Waals surface area contributed by atoms with Crippen LogP contribution in [0.15, 0.2) is 60.8 Å². The maximum absolute atomic E-state index is 12.6. The van der Waals surface area contributed by atoms with Gasteiger partial charge in [0, 0.05) is 29.0 Å². The molecule has 0 aliphatic heterocycles. The first-order valence-corrected chi connectivity index (χ1v) is 8.52. The second kappa shape index (κ2) is 6.84. The zero-order valence-electron chi connectivity index (χ0n) is 14.0. The highest BCUT2D eigenvalue weighted by atomic mass is 16.2. The summed E-state index contributed by atoms with van der Waals surface area (Å²) >= 11 is 0. The van der Waals surface area contributed by atoms with Gasteiger partial charge in [0.05, 0.1) is 11.1 Å². The Labute approximate surface area is 150 Å². The fraction of sp³-hybridized carbons (Fsp3) is 0.150. The van der Waals surface area contributed by atoms with E-state index in [1.807, 2.05) is 24.3 Å². The van der Waals surface area contributed by atoms with E-state index in [-0.39, 0.29) is 11.9 Å². The number of nitrogens with zero attached hydrogens (tertiary/aromatic N) is 1. The second-order valence-electron chi connectivity index (χ2n) is 6.28. The molecule has 0 saturated heterocycles. The minimum atomic E-state index is -0.221. The van der Waals surface area contributed by atoms with Crippen LogP contribution < -0.4 is 16.0 Å². The molecule has 1 fully saturated rings. The van der Waals surface area contributed by atoms with Gasteiger partial charge in [-0.2, -0.15) is 0 Å². The zero-order chi connectivity index (χ0) is 17.9. The molecular weight excluding hydrogens is 328 g/mol. The molecule has 3 amide bonds. The Balaban J connectivity index is 1.44. The number of hydrogen-bond acceptors (Lipinski definition) is 3. The molecule has 0 unspecified atom stereocenters. The van der Waals surface area contributed by atoms with Gasteiger partial charge in [0.15, 0.2) is 0 Å². The van der Waals surface area contributed by atoms with Crippen LogP contribution in [0.3, 0.4) is 0 Å². The van der Waals surface area contributed by atoms with Gasteiger partial charge in [-0.15, -0.1) is 0 Å². The molecule has 0 radical (unpaired) electrons. The second-order valence-corrected chi connectivity index (χ2v) is 6.28. The first-order chi connectivity index (χ1) is 12.7. The maximum Gasteiger partial charge on any atom is 0.319 e. The van der Waals surface area contributed by atoms with E-state index in [4.69, 9.17) is 0 Å². The van der Waals surface area contributed by atoms with Gasteiger partial charge in [0.25, 0.3) is 5.91 Å². The molecule has 1 aliphatic rings. The molecule has 130 valence electrons. The van der Waals surface area contributed by atoms with Crippen molar-refractivity contribution in [2.45, 2.75) is 18.9 Å². The Kier molecular flexibility index (Phi) is 4.23. The molecule has 3 aromatic rings. The first-order valence-electron chi connectivity index (χ1n) is 8.52. The van der Waals surface area contributed by atoms with E-state index in [0.717, 1.165) is 18.2 Å². The number of anilines is 2. The largest absolute Gasteiger partial charge is 0.335 e. The van der Waals surface area contributed by atoms with Crippen LogP contribution in [0.4, 0.5) is 16.2 Å². The third-order valence-electron chi connectivity index (χ3n) is 4.19. The van der Waals surface area contributed by atoms with E-state index >= 15 is 0 Å². The maximum atomic E-state index is 12.6. The predicted octanol–water partition coefficient (Wildman–Crippen LogP) is 3.77. The average molecular weight is 346 g/mol. The Morgan fingerprint density at radius 2 is 1.58 bits per heavy atom. The summed E-state index contributed by atoms with van der Waals surface area (Å²) in [6, 6.07) is 16.4. The van der Waals surface area contributed by atoms with E-state index in [9.17, 15) is 9.59 Å². The van der Waals surface area contributed by atoms with E-state index in [1.54, 1.807) is 36.5 Å². The van der Waals surface area contributed by atoms with Gasteiger partial charge in [-0.05, 0) is 49.2 Å². The van der Waals surface area contributed by atoms with Crippen molar-refractivity contribution in [3.63, 3.8) is 0 Å². The van der Waals surface area contributed by atoms with Crippen molar-refractivity contribution in [3.05, 3.63) is 66.4 Å². The molecule has 0 atom stereocenters. The van der Waals surface area contributed by atoms with Gasteiger partial charge in [-0.1, -0.05) is 18.2 Å². The number of nitrogens with one attached hydrogen (secondary N) is 3. The number of para-hydroxylation sites is 1. The number of carbonyl (C=O) groups is 2. The number of pyridine rings is 1. The quantitative estimate of drug-likeness (QED) is 0.672. The molecule has 6 heteroatoms. The Morgan fingerprint density at radius 3 is 2.31 bits per heavy atom. The molecule has 1 aliphatic carbocycles. The van der Waals surface area contributed by atoms with E-state index in [1.165, 1.54) is 0 Å². The summed E-state index contributed by atoms with van der Waals surface area (Å²) in [5, 5.41) is 9.42. The van der Waals surface area contributed by atoms with Crippen molar-refractivity contribution in [3.8, 4) is 0 Å². The van der Waals surface area contributed by atoms with Crippen LogP contribution in [0.25, 0.3) is 10.9 Å². The van der Waals surface area contributed by atoms with Crippen molar-refractivity contribution >= 4 is 34.2 Å². The van der Waals surface area contributed by atoms with Gasteiger partial charge in [0.2, 0.25) is 0 Å². The molecule has 3 N–H and O–H groups in total. The van der Waals surface area contributed by atoms with Crippen LogP contribution in [-0.4, -0.2) is 23.0 Å². The van der Waals surface area contributed by atoms with Gasteiger partial charge < -0.3 is 16.0 Å². The topological polar surface area (TPSA) is 83.1 Å². The Hall–Kier alpha value is -3.41. The monoisotopic (exact) mass is 346 g/mol. The summed E-state index contributed by atoms with van der Waals surface area (Å²) in [6.07, 6.45) is 3.76. The highest BCUT2D eigenvalue weighted by Gasteiger charge is 2.23. The van der Waals surface area contributed by atoms with Crippen LogP contribution in [0, 0.1) is 0 Å². The lowest BCUT2D eigenvalue weighted by Gasteiger charge is -2.09. The van der Waals surface area contributed by atoms with Crippen molar-refractivity contribution in [2.24, 2.45) is 0 Å². The predicted molar refractivity (Wildman–Crippen MR) is 101 cm³/mol. The summed E-state index contributed by atoms with van der Waals surface area (Å²) < 4.78 is 0. The summed E-state index contributed by atoms with van der Waals surface area (Å²) in [4.78, 5) is 28.6. The van der Waals surface area contributed by atoms with Crippen molar-refractivity contribution in [1.82, 2.24) is 10.3 Å². The summed E-state index contributed by atoms with van der Waals surface area (Å²) in [5.74, 6) is -0.221. The van der Waals surface area contributed by atoms with Crippen LogP contribution in [-0.2, 0) is 0 Å². The lowest BCUT2D eigenvalue weighted by molar-refractivity contribution is 0.102. The number of benzene rings is 2. The molecule has 0 bridgehead atoms. The number of rotatable bonds is 4. The standard InChI is InChI=1S/C20H18N4O2/c25-19(17-5-1-3-13-4-2-12-21-18(13)17)22-14-6-8-15(9-7-14)23-20(26)24-16-10-11-16/h1-9,12,16H,10-11H2,(H,22,25)(H2,23,24,26). The highest BCUT2D eigenvalue weighted by Crippen LogP contribution is 2.20. The van der Waals surface area contributed by atoms with E-state index < -0.39 is 0 Å². The smallest absolute Gasteiger partial charge is 0.319 e. The van der Waals surface area contributed by atoms with Crippen LogP contribution in [0.1, 0.15) is 23.2 Å². The zero-order valence-corrected chi connectivity index (χ0v) is 14.0. The van der Waals surface area contributed by atoms with Gasteiger partial charge in [-0.25, -0.2) is 4.79 Å². The van der Waals surface area contributed by atoms with Crippen LogP contribution >= 0.6 is 0 Å². The highest BCUT2D eigenvalue weighted by molar-refractivity contribution is 6.11. The summed E-state index contributed by atoms with van der Waals surface area (Å²) in [6.45, 7) is 0. The normalized spacial score (nSPS) is 13.2. The minimum absolute atomic E-state index is 0.203. The van der Waals surface area contributed by atoms with Crippen molar-refractivity contribution < 1.29 is 9.59 Å². The molecule has 0 spiro atoms. The van der Waals surface area contributed by atoms with E-state index in [0.29, 0.717) is 28.5 Å². The van der Waals surface area contributed by atoms with Crippen LogP contribution in [0.5, 0.6) is 0 Å². The molecular formula is C20H18N4O2. The lowest BCUT2D eigenvalue weighted by atomic mass is 10.1. The van der Waals surface area contributed by atoms with Gasteiger partial charge in [0.1, 0.15) is 0 Å². The first kappa shape index (κ1) is 16.1. The minimum Gasteiger partial charge on any atom is -0.335 e. The van der Waals surface area contributed by atoms with Crippen LogP contribution in [0.2, 0.25) is 0 Å². The molecule has 4 rings (SSSR count). The number of aromatic nitrogens is 1. The number of amides is 3. The Morgan fingerprint density at radius 1 is 0.885 bits per heavy atom.